The van der Waals surface area contributed by atoms with Crippen LogP contribution in [0.4, 0.5) is 0 Å². The molecule has 1 amide bonds. The van der Waals surface area contributed by atoms with Gasteiger partial charge in [-0.2, -0.15) is 0 Å². The Balaban J connectivity index is 2.03. The predicted octanol–water partition coefficient (Wildman–Crippen LogP) is 0.749. The quantitative estimate of drug-likeness (QED) is 0.765. The fourth-order valence-corrected chi connectivity index (χ4v) is 3.20. The number of hydrogen-bond donors (Lipinski definition) is 2. The molecule has 2 saturated heterocycles. The van der Waals surface area contributed by atoms with Crippen LogP contribution in [-0.2, 0) is 4.79 Å². The molecule has 0 aliphatic carbocycles. The maximum Gasteiger partial charge on any atom is 0.230 e. The van der Waals surface area contributed by atoms with Gasteiger partial charge in [0.25, 0.3) is 0 Å². The van der Waals surface area contributed by atoms with Crippen LogP contribution >= 0.6 is 0 Å². The fraction of sp³-hybridized carbons (Fsp3) is 0.923. The van der Waals surface area contributed by atoms with E-state index < -0.39 is 5.60 Å². The van der Waals surface area contributed by atoms with Gasteiger partial charge in [-0.3, -0.25) is 4.79 Å². The van der Waals surface area contributed by atoms with Crippen LogP contribution in [0.25, 0.3) is 0 Å². The van der Waals surface area contributed by atoms with Gasteiger partial charge in [0.05, 0.1) is 24.1 Å². The molecule has 17 heavy (non-hydrogen) atoms. The van der Waals surface area contributed by atoms with Gasteiger partial charge < -0.3 is 15.3 Å². The van der Waals surface area contributed by atoms with Gasteiger partial charge in [-0.05, 0) is 32.7 Å². The van der Waals surface area contributed by atoms with E-state index in [1.807, 2.05) is 4.90 Å². The van der Waals surface area contributed by atoms with E-state index in [0.29, 0.717) is 13.1 Å². The standard InChI is InChI=1S/C13H24N2O2/c1-3-5-13(6-4-7-14-8-13)11(16)15-9-12(2,17)10-15/h14,17H,3-10H2,1-2H3. The molecule has 98 valence electrons. The molecule has 0 aromatic carbocycles. The summed E-state index contributed by atoms with van der Waals surface area (Å²) in [5.74, 6) is 0.248. The lowest BCUT2D eigenvalue weighted by atomic mass is 9.74. The first-order valence-electron chi connectivity index (χ1n) is 6.72. The summed E-state index contributed by atoms with van der Waals surface area (Å²) in [6.45, 7) is 6.75. The number of nitrogens with one attached hydrogen (secondary N) is 1. The average Bonchev–Trinajstić information content (AvgIpc) is 2.26. The Morgan fingerprint density at radius 1 is 1.47 bits per heavy atom. The van der Waals surface area contributed by atoms with Gasteiger partial charge in [-0.15, -0.1) is 0 Å². The lowest BCUT2D eigenvalue weighted by Crippen LogP contribution is -2.65. The Hall–Kier alpha value is -0.610. The minimum Gasteiger partial charge on any atom is -0.386 e. The number of carbonyl (C=O) groups excluding carboxylic acids is 1. The monoisotopic (exact) mass is 240 g/mol. The molecule has 0 aromatic heterocycles. The van der Waals surface area contributed by atoms with E-state index in [4.69, 9.17) is 0 Å². The smallest absolute Gasteiger partial charge is 0.230 e. The second-order valence-electron chi connectivity index (χ2n) is 5.97. The number of piperidine rings is 1. The molecule has 0 aromatic rings. The number of β-amino-alcohol motifs (C(OH)–C–C–N with tert-alkyl or cyclic N) is 1. The van der Waals surface area contributed by atoms with Crippen LogP contribution in [0.3, 0.4) is 0 Å². The summed E-state index contributed by atoms with van der Waals surface area (Å²) in [5.41, 5.74) is -0.866. The van der Waals surface area contributed by atoms with Crippen LogP contribution < -0.4 is 5.32 Å². The third-order valence-electron chi connectivity index (χ3n) is 4.00. The van der Waals surface area contributed by atoms with Gasteiger partial charge in [-0.1, -0.05) is 13.3 Å². The van der Waals surface area contributed by atoms with Crippen LogP contribution in [0.15, 0.2) is 0 Å². The number of amides is 1. The van der Waals surface area contributed by atoms with Crippen molar-refractivity contribution >= 4 is 5.91 Å². The maximum atomic E-state index is 12.6. The minimum absolute atomic E-state index is 0.205. The summed E-state index contributed by atoms with van der Waals surface area (Å²) in [6, 6.07) is 0. The Morgan fingerprint density at radius 2 is 2.18 bits per heavy atom. The second-order valence-corrected chi connectivity index (χ2v) is 5.97. The molecule has 2 rings (SSSR count). The van der Waals surface area contributed by atoms with E-state index >= 15 is 0 Å². The summed E-state index contributed by atoms with van der Waals surface area (Å²) >= 11 is 0. The van der Waals surface area contributed by atoms with E-state index in [0.717, 1.165) is 38.8 Å². The van der Waals surface area contributed by atoms with E-state index in [-0.39, 0.29) is 11.3 Å². The average molecular weight is 240 g/mol. The normalized spacial score (nSPS) is 32.1. The molecule has 0 saturated carbocycles. The van der Waals surface area contributed by atoms with Gasteiger partial charge >= 0.3 is 0 Å². The van der Waals surface area contributed by atoms with Gasteiger partial charge in [-0.25, -0.2) is 0 Å². The molecule has 1 atom stereocenters. The van der Waals surface area contributed by atoms with Crippen molar-refractivity contribution in [2.75, 3.05) is 26.2 Å². The Labute approximate surface area is 103 Å². The predicted molar refractivity (Wildman–Crippen MR) is 66.6 cm³/mol. The van der Waals surface area contributed by atoms with Crippen LogP contribution in [0.2, 0.25) is 0 Å². The van der Waals surface area contributed by atoms with Gasteiger partial charge in [0.1, 0.15) is 0 Å². The van der Waals surface area contributed by atoms with Crippen molar-refractivity contribution in [3.05, 3.63) is 0 Å². The highest BCUT2D eigenvalue weighted by Crippen LogP contribution is 2.36. The highest BCUT2D eigenvalue weighted by molar-refractivity contribution is 5.84. The van der Waals surface area contributed by atoms with Crippen LogP contribution in [-0.4, -0.2) is 47.7 Å². The first-order valence-corrected chi connectivity index (χ1v) is 6.72. The van der Waals surface area contributed by atoms with E-state index in [2.05, 4.69) is 12.2 Å². The van der Waals surface area contributed by atoms with E-state index in [1.54, 1.807) is 6.92 Å². The topological polar surface area (TPSA) is 52.6 Å². The van der Waals surface area contributed by atoms with Crippen molar-refractivity contribution in [3.8, 4) is 0 Å². The number of likely N-dealkylation sites (tertiary alicyclic amines) is 1. The number of nitrogens with zero attached hydrogens (tertiary/aromatic N) is 1. The van der Waals surface area contributed by atoms with Crippen molar-refractivity contribution < 1.29 is 9.90 Å². The third-order valence-corrected chi connectivity index (χ3v) is 4.00. The molecule has 2 N–H and O–H groups in total. The van der Waals surface area contributed by atoms with Gasteiger partial charge in [0.15, 0.2) is 0 Å². The van der Waals surface area contributed by atoms with Crippen molar-refractivity contribution in [2.45, 2.75) is 45.1 Å². The van der Waals surface area contributed by atoms with E-state index in [1.165, 1.54) is 0 Å². The van der Waals surface area contributed by atoms with Crippen LogP contribution in [0.5, 0.6) is 0 Å². The molecule has 0 spiro atoms. The molecule has 2 heterocycles. The highest BCUT2D eigenvalue weighted by atomic mass is 16.3. The zero-order valence-electron chi connectivity index (χ0n) is 11.0. The summed E-state index contributed by atoms with van der Waals surface area (Å²) in [5, 5.41) is 13.1. The molecule has 2 fully saturated rings. The number of carbonyl (C=O) groups is 1. The SMILES string of the molecule is CCCC1(C(=O)N2CC(C)(O)C2)CCCNC1. The van der Waals surface area contributed by atoms with Gasteiger partial charge in [0.2, 0.25) is 5.91 Å². The first-order chi connectivity index (χ1) is 7.99. The molecule has 4 nitrogen and oxygen atoms in total. The number of hydrogen-bond acceptors (Lipinski definition) is 3. The highest BCUT2D eigenvalue weighted by Gasteiger charge is 2.47. The molecule has 0 bridgehead atoms. The largest absolute Gasteiger partial charge is 0.386 e. The number of rotatable bonds is 3. The summed E-state index contributed by atoms with van der Waals surface area (Å²) in [7, 11) is 0. The van der Waals surface area contributed by atoms with Crippen LogP contribution in [0.1, 0.15) is 39.5 Å². The Morgan fingerprint density at radius 3 is 2.65 bits per heavy atom. The minimum atomic E-state index is -0.662. The van der Waals surface area contributed by atoms with E-state index in [9.17, 15) is 9.90 Å². The van der Waals surface area contributed by atoms with Crippen molar-refractivity contribution in [2.24, 2.45) is 5.41 Å². The maximum absolute atomic E-state index is 12.6. The second kappa shape index (κ2) is 4.58. The van der Waals surface area contributed by atoms with Crippen LogP contribution in [0, 0.1) is 5.41 Å². The molecule has 1 unspecified atom stereocenters. The molecular formula is C13H24N2O2. The molecule has 2 aliphatic heterocycles. The Bertz CT molecular complexity index is 282. The summed E-state index contributed by atoms with van der Waals surface area (Å²) < 4.78 is 0. The molecular weight excluding hydrogens is 216 g/mol. The molecule has 2 aliphatic rings. The molecule has 0 radical (unpaired) electrons. The number of aliphatic hydroxyl groups is 1. The van der Waals surface area contributed by atoms with Gasteiger partial charge in [0, 0.05) is 6.54 Å². The van der Waals surface area contributed by atoms with Crippen molar-refractivity contribution in [1.29, 1.82) is 0 Å². The zero-order valence-corrected chi connectivity index (χ0v) is 11.0. The molecule has 4 heteroatoms. The summed E-state index contributed by atoms with van der Waals surface area (Å²) in [4.78, 5) is 14.4. The third kappa shape index (κ3) is 2.47. The summed E-state index contributed by atoms with van der Waals surface area (Å²) in [6.07, 6.45) is 4.07. The van der Waals surface area contributed by atoms with Crippen molar-refractivity contribution in [3.63, 3.8) is 0 Å². The lowest BCUT2D eigenvalue weighted by molar-refractivity contribution is -0.164. The van der Waals surface area contributed by atoms with Crippen molar-refractivity contribution in [1.82, 2.24) is 10.2 Å². The zero-order chi connectivity index (χ0) is 12.5. The lowest BCUT2D eigenvalue weighted by Gasteiger charge is -2.49. The fourth-order valence-electron chi connectivity index (χ4n) is 3.20. The first kappa shape index (κ1) is 12.8. The Kier molecular flexibility index (Phi) is 3.46.